The molecule has 0 fully saturated rings. The quantitative estimate of drug-likeness (QED) is 0.802. The van der Waals surface area contributed by atoms with Crippen LogP contribution in [0.2, 0.25) is 0 Å². The fraction of sp³-hybridized carbons (Fsp3) is 0.545. The van der Waals surface area contributed by atoms with E-state index in [1.54, 1.807) is 11.8 Å². The number of hydrogen-bond acceptors (Lipinski definition) is 4. The monoisotopic (exact) mass is 226 g/mol. The number of nitrogen functional groups attached to an aromatic ring is 1. The summed E-state index contributed by atoms with van der Waals surface area (Å²) in [6.45, 7) is 8.18. The Balaban J connectivity index is 2.85. The number of ether oxygens (including phenoxy) is 1. The molecule has 0 unspecified atom stereocenters. The van der Waals surface area contributed by atoms with Crippen LogP contribution >= 0.6 is 11.8 Å². The third-order valence-corrected chi connectivity index (χ3v) is 2.51. The zero-order chi connectivity index (χ0) is 11.4. The van der Waals surface area contributed by atoms with Gasteiger partial charge >= 0.3 is 0 Å². The molecule has 84 valence electrons. The number of pyridine rings is 1. The molecule has 0 spiro atoms. The molecule has 0 aromatic carbocycles. The highest BCUT2D eigenvalue weighted by Gasteiger charge is 2.07. The highest BCUT2D eigenvalue weighted by Crippen LogP contribution is 2.27. The predicted molar refractivity (Wildman–Crippen MR) is 65.4 cm³/mol. The maximum atomic E-state index is 5.77. The lowest BCUT2D eigenvalue weighted by Crippen LogP contribution is -2.09. The summed E-state index contributed by atoms with van der Waals surface area (Å²) < 4.78 is 5.52. The highest BCUT2D eigenvalue weighted by atomic mass is 32.2. The highest BCUT2D eigenvalue weighted by molar-refractivity contribution is 7.99. The zero-order valence-corrected chi connectivity index (χ0v) is 10.5. The minimum absolute atomic E-state index is 0.0964. The van der Waals surface area contributed by atoms with Gasteiger partial charge in [-0.1, -0.05) is 13.8 Å². The van der Waals surface area contributed by atoms with E-state index in [4.69, 9.17) is 10.5 Å². The zero-order valence-electron chi connectivity index (χ0n) is 9.65. The predicted octanol–water partition coefficient (Wildman–Crippen LogP) is 2.95. The van der Waals surface area contributed by atoms with E-state index >= 15 is 0 Å². The summed E-state index contributed by atoms with van der Waals surface area (Å²) in [4.78, 5) is 4.37. The van der Waals surface area contributed by atoms with Crippen molar-refractivity contribution in [3.8, 4) is 5.88 Å². The van der Waals surface area contributed by atoms with Gasteiger partial charge in [0.05, 0.1) is 11.8 Å². The summed E-state index contributed by atoms with van der Waals surface area (Å²) in [7, 11) is 0. The fourth-order valence-corrected chi connectivity index (χ4v) is 1.82. The van der Waals surface area contributed by atoms with Gasteiger partial charge in [-0.25, -0.2) is 4.98 Å². The SMILES string of the molecule is CC(C)Oc1nc(SC(C)C)ccc1N. The molecule has 0 amide bonds. The molecule has 0 bridgehead atoms. The molecule has 0 aliphatic heterocycles. The summed E-state index contributed by atoms with van der Waals surface area (Å²) in [5, 5.41) is 1.46. The molecule has 0 saturated heterocycles. The van der Waals surface area contributed by atoms with Crippen molar-refractivity contribution in [2.75, 3.05) is 5.73 Å². The number of hydrogen-bond donors (Lipinski definition) is 1. The van der Waals surface area contributed by atoms with E-state index < -0.39 is 0 Å². The van der Waals surface area contributed by atoms with Crippen LogP contribution in [0.5, 0.6) is 5.88 Å². The Kier molecular flexibility index (Phi) is 4.27. The van der Waals surface area contributed by atoms with Gasteiger partial charge in [0.25, 0.3) is 0 Å². The molecule has 1 heterocycles. The molecule has 3 nitrogen and oxygen atoms in total. The Hall–Kier alpha value is -0.900. The average molecular weight is 226 g/mol. The van der Waals surface area contributed by atoms with Gasteiger partial charge in [0.2, 0.25) is 5.88 Å². The van der Waals surface area contributed by atoms with Crippen LogP contribution < -0.4 is 10.5 Å². The van der Waals surface area contributed by atoms with Crippen molar-refractivity contribution in [2.24, 2.45) is 0 Å². The van der Waals surface area contributed by atoms with Crippen LogP contribution in [0.3, 0.4) is 0 Å². The molecule has 0 radical (unpaired) electrons. The Bertz CT molecular complexity index is 326. The van der Waals surface area contributed by atoms with Crippen LogP contribution in [-0.4, -0.2) is 16.3 Å². The lowest BCUT2D eigenvalue weighted by atomic mass is 10.4. The molecular formula is C11H18N2OS. The van der Waals surface area contributed by atoms with Gasteiger partial charge in [0.15, 0.2) is 0 Å². The third-order valence-electron chi connectivity index (χ3n) is 1.57. The minimum atomic E-state index is 0.0964. The summed E-state index contributed by atoms with van der Waals surface area (Å²) in [6.07, 6.45) is 0.0964. The summed E-state index contributed by atoms with van der Waals surface area (Å²) in [5.74, 6) is 0.538. The number of anilines is 1. The van der Waals surface area contributed by atoms with Crippen molar-refractivity contribution in [1.29, 1.82) is 0 Å². The Morgan fingerprint density at radius 2 is 1.93 bits per heavy atom. The van der Waals surface area contributed by atoms with Crippen molar-refractivity contribution < 1.29 is 4.74 Å². The van der Waals surface area contributed by atoms with Crippen LogP contribution in [0.1, 0.15) is 27.7 Å². The van der Waals surface area contributed by atoms with Gasteiger partial charge in [0, 0.05) is 5.25 Å². The summed E-state index contributed by atoms with van der Waals surface area (Å²) in [5.41, 5.74) is 6.37. The first-order valence-corrected chi connectivity index (χ1v) is 5.97. The second-order valence-electron chi connectivity index (χ2n) is 3.88. The number of thioether (sulfide) groups is 1. The van der Waals surface area contributed by atoms with Crippen molar-refractivity contribution in [2.45, 2.75) is 44.1 Å². The topological polar surface area (TPSA) is 48.1 Å². The van der Waals surface area contributed by atoms with Gasteiger partial charge < -0.3 is 10.5 Å². The second kappa shape index (κ2) is 5.26. The summed E-state index contributed by atoms with van der Waals surface area (Å²) >= 11 is 1.70. The van der Waals surface area contributed by atoms with Gasteiger partial charge in [-0.15, -0.1) is 11.8 Å². The number of nitrogens with zero attached hydrogens (tertiary/aromatic N) is 1. The molecule has 0 atom stereocenters. The molecule has 2 N–H and O–H groups in total. The maximum Gasteiger partial charge on any atom is 0.238 e. The maximum absolute atomic E-state index is 5.77. The van der Waals surface area contributed by atoms with Gasteiger partial charge in [-0.2, -0.15) is 0 Å². The molecule has 15 heavy (non-hydrogen) atoms. The van der Waals surface area contributed by atoms with Gasteiger partial charge in [-0.3, -0.25) is 0 Å². The van der Waals surface area contributed by atoms with Crippen LogP contribution in [0.25, 0.3) is 0 Å². The van der Waals surface area contributed by atoms with E-state index in [1.165, 1.54) is 0 Å². The molecule has 4 heteroatoms. The van der Waals surface area contributed by atoms with Crippen molar-refractivity contribution >= 4 is 17.4 Å². The molecular weight excluding hydrogens is 208 g/mol. The van der Waals surface area contributed by atoms with E-state index in [0.717, 1.165) is 5.03 Å². The average Bonchev–Trinajstić information content (AvgIpc) is 2.09. The number of aromatic nitrogens is 1. The first-order chi connectivity index (χ1) is 6.99. The molecule has 1 aromatic heterocycles. The summed E-state index contributed by atoms with van der Waals surface area (Å²) in [6, 6.07) is 3.77. The van der Waals surface area contributed by atoms with Crippen LogP contribution in [0.15, 0.2) is 17.2 Å². The number of nitrogens with two attached hydrogens (primary N) is 1. The Morgan fingerprint density at radius 3 is 2.47 bits per heavy atom. The first kappa shape index (κ1) is 12.2. The Labute approximate surface area is 95.4 Å². The molecule has 0 aliphatic carbocycles. The van der Waals surface area contributed by atoms with Crippen molar-refractivity contribution in [3.63, 3.8) is 0 Å². The van der Waals surface area contributed by atoms with E-state index in [2.05, 4.69) is 18.8 Å². The van der Waals surface area contributed by atoms with Crippen LogP contribution in [-0.2, 0) is 0 Å². The normalized spacial score (nSPS) is 11.1. The minimum Gasteiger partial charge on any atom is -0.473 e. The molecule has 0 saturated carbocycles. The fourth-order valence-electron chi connectivity index (χ4n) is 1.06. The molecule has 1 rings (SSSR count). The lowest BCUT2D eigenvalue weighted by Gasteiger charge is -2.12. The second-order valence-corrected chi connectivity index (χ2v) is 5.47. The van der Waals surface area contributed by atoms with Gasteiger partial charge in [0.1, 0.15) is 5.03 Å². The van der Waals surface area contributed by atoms with E-state index in [0.29, 0.717) is 16.8 Å². The lowest BCUT2D eigenvalue weighted by molar-refractivity contribution is 0.232. The third kappa shape index (κ3) is 4.00. The Morgan fingerprint density at radius 1 is 1.27 bits per heavy atom. The van der Waals surface area contributed by atoms with E-state index in [9.17, 15) is 0 Å². The van der Waals surface area contributed by atoms with Gasteiger partial charge in [-0.05, 0) is 26.0 Å². The van der Waals surface area contributed by atoms with E-state index in [-0.39, 0.29) is 6.10 Å². The van der Waals surface area contributed by atoms with Crippen LogP contribution in [0, 0.1) is 0 Å². The first-order valence-electron chi connectivity index (χ1n) is 5.09. The standard InChI is InChI=1S/C11H18N2OS/c1-7(2)14-11-9(12)5-6-10(13-11)15-8(3)4/h5-8H,12H2,1-4H3. The smallest absolute Gasteiger partial charge is 0.238 e. The number of rotatable bonds is 4. The van der Waals surface area contributed by atoms with Crippen molar-refractivity contribution in [1.82, 2.24) is 4.98 Å². The largest absolute Gasteiger partial charge is 0.473 e. The molecule has 0 aliphatic rings. The van der Waals surface area contributed by atoms with Crippen molar-refractivity contribution in [3.05, 3.63) is 12.1 Å². The molecule has 1 aromatic rings. The van der Waals surface area contributed by atoms with Crippen LogP contribution in [0.4, 0.5) is 5.69 Å². The van der Waals surface area contributed by atoms with E-state index in [1.807, 2.05) is 26.0 Å².